The molecule has 2 rings (SSSR count). The fraction of sp³-hybridized carbons (Fsp3) is 0.588. The van der Waals surface area contributed by atoms with Gasteiger partial charge in [0, 0.05) is 13.1 Å². The summed E-state index contributed by atoms with van der Waals surface area (Å²) in [5, 5.41) is 3.28. The second kappa shape index (κ2) is 9.06. The molecule has 0 heterocycles. The number of carbonyl (C=O) groups is 1. The van der Waals surface area contributed by atoms with E-state index in [4.69, 9.17) is 0 Å². The quantitative estimate of drug-likeness (QED) is 0.801. The van der Waals surface area contributed by atoms with Crippen LogP contribution < -0.4 is 5.32 Å². The molecule has 1 aliphatic rings. The molecule has 4 heteroatoms. The molecule has 0 aliphatic heterocycles. The highest BCUT2D eigenvalue weighted by Gasteiger charge is 2.22. The molecule has 0 bridgehead atoms. The molecule has 0 saturated heterocycles. The zero-order chi connectivity index (χ0) is 14.4. The fourth-order valence-corrected chi connectivity index (χ4v) is 2.47. The van der Waals surface area contributed by atoms with Crippen LogP contribution in [-0.4, -0.2) is 37.0 Å². The van der Waals surface area contributed by atoms with Crippen molar-refractivity contribution in [1.82, 2.24) is 10.2 Å². The number of hydrogen-bond donors (Lipinski definition) is 1. The Labute approximate surface area is 134 Å². The van der Waals surface area contributed by atoms with Crippen LogP contribution in [0.3, 0.4) is 0 Å². The summed E-state index contributed by atoms with van der Waals surface area (Å²) in [4.78, 5) is 14.1. The highest BCUT2D eigenvalue weighted by molar-refractivity contribution is 5.85. The number of nitrogens with one attached hydrogen (secondary N) is 1. The second-order valence-electron chi connectivity index (χ2n) is 5.83. The maximum Gasteiger partial charge on any atom is 0.236 e. The standard InChI is InChI=1S/C17H26N2O.ClH/c1-3-16(11-14-7-5-4-6-8-14)19(2)17(20)13-18-12-15-9-10-15;/h4-8,15-16,18H,3,9-13H2,1-2H3;1H. The van der Waals surface area contributed by atoms with Gasteiger partial charge in [0.2, 0.25) is 5.91 Å². The predicted octanol–water partition coefficient (Wildman–Crippen LogP) is 2.89. The molecule has 21 heavy (non-hydrogen) atoms. The molecular formula is C17H27ClN2O. The van der Waals surface area contributed by atoms with E-state index in [0.29, 0.717) is 6.54 Å². The molecule has 1 atom stereocenters. The first kappa shape index (κ1) is 18.0. The third-order valence-corrected chi connectivity index (χ3v) is 4.13. The third-order valence-electron chi connectivity index (χ3n) is 4.13. The van der Waals surface area contributed by atoms with Crippen LogP contribution >= 0.6 is 12.4 Å². The lowest BCUT2D eigenvalue weighted by atomic mass is 10.0. The maximum absolute atomic E-state index is 12.2. The van der Waals surface area contributed by atoms with Crippen molar-refractivity contribution in [3.05, 3.63) is 35.9 Å². The van der Waals surface area contributed by atoms with Crippen molar-refractivity contribution < 1.29 is 4.79 Å². The van der Waals surface area contributed by atoms with E-state index >= 15 is 0 Å². The van der Waals surface area contributed by atoms with Crippen molar-refractivity contribution in [3.63, 3.8) is 0 Å². The number of amides is 1. The number of benzene rings is 1. The van der Waals surface area contributed by atoms with Crippen LogP contribution in [0.15, 0.2) is 30.3 Å². The average molecular weight is 311 g/mol. The van der Waals surface area contributed by atoms with Crippen LogP contribution in [0.2, 0.25) is 0 Å². The summed E-state index contributed by atoms with van der Waals surface area (Å²) < 4.78 is 0. The molecule has 1 amide bonds. The molecule has 1 aliphatic carbocycles. The molecule has 118 valence electrons. The van der Waals surface area contributed by atoms with Crippen molar-refractivity contribution >= 4 is 18.3 Å². The zero-order valence-electron chi connectivity index (χ0n) is 13.0. The minimum absolute atomic E-state index is 0. The van der Waals surface area contributed by atoms with Gasteiger partial charge in [0.1, 0.15) is 0 Å². The SMILES string of the molecule is CCC(Cc1ccccc1)N(C)C(=O)CNCC1CC1.Cl. The first-order valence-electron chi connectivity index (χ1n) is 7.71. The highest BCUT2D eigenvalue weighted by Crippen LogP contribution is 2.27. The van der Waals surface area contributed by atoms with E-state index in [-0.39, 0.29) is 24.4 Å². The number of likely N-dealkylation sites (N-methyl/N-ethyl adjacent to an activating group) is 1. The van der Waals surface area contributed by atoms with Crippen molar-refractivity contribution in [2.45, 2.75) is 38.6 Å². The Morgan fingerprint density at radius 1 is 1.33 bits per heavy atom. The van der Waals surface area contributed by atoms with E-state index in [1.165, 1.54) is 18.4 Å². The molecule has 0 aromatic heterocycles. The molecule has 1 aromatic carbocycles. The minimum Gasteiger partial charge on any atom is -0.341 e. The second-order valence-corrected chi connectivity index (χ2v) is 5.83. The monoisotopic (exact) mass is 310 g/mol. The van der Waals surface area contributed by atoms with Crippen LogP contribution in [0, 0.1) is 5.92 Å². The Kier molecular flexibility index (Phi) is 7.76. The predicted molar refractivity (Wildman–Crippen MR) is 89.8 cm³/mol. The Balaban J connectivity index is 0.00000220. The van der Waals surface area contributed by atoms with Gasteiger partial charge in [0.25, 0.3) is 0 Å². The van der Waals surface area contributed by atoms with Gasteiger partial charge in [0.15, 0.2) is 0 Å². The van der Waals surface area contributed by atoms with Gasteiger partial charge in [-0.3, -0.25) is 4.79 Å². The molecule has 0 spiro atoms. The summed E-state index contributed by atoms with van der Waals surface area (Å²) in [6.45, 7) is 3.61. The van der Waals surface area contributed by atoms with Crippen molar-refractivity contribution in [2.24, 2.45) is 5.92 Å². The van der Waals surface area contributed by atoms with E-state index in [1.807, 2.05) is 18.0 Å². The van der Waals surface area contributed by atoms with Gasteiger partial charge in [0.05, 0.1) is 6.54 Å². The topological polar surface area (TPSA) is 32.3 Å². The molecule has 1 unspecified atom stereocenters. The van der Waals surface area contributed by atoms with E-state index in [1.54, 1.807) is 0 Å². The summed E-state index contributed by atoms with van der Waals surface area (Å²) in [6, 6.07) is 10.7. The number of halogens is 1. The summed E-state index contributed by atoms with van der Waals surface area (Å²) in [7, 11) is 1.93. The van der Waals surface area contributed by atoms with Crippen molar-refractivity contribution in [2.75, 3.05) is 20.1 Å². The zero-order valence-corrected chi connectivity index (χ0v) is 13.9. The lowest BCUT2D eigenvalue weighted by Crippen LogP contribution is -2.43. The fourth-order valence-electron chi connectivity index (χ4n) is 2.47. The number of hydrogen-bond acceptors (Lipinski definition) is 2. The Hall–Kier alpha value is -1.06. The molecule has 3 nitrogen and oxygen atoms in total. The maximum atomic E-state index is 12.2. The van der Waals surface area contributed by atoms with Gasteiger partial charge < -0.3 is 10.2 Å². The number of rotatable bonds is 8. The molecular weight excluding hydrogens is 284 g/mol. The van der Waals surface area contributed by atoms with Gasteiger partial charge in [-0.05, 0) is 43.7 Å². The normalized spacial score (nSPS) is 15.1. The van der Waals surface area contributed by atoms with Gasteiger partial charge in [-0.25, -0.2) is 0 Å². The molecule has 1 saturated carbocycles. The molecule has 1 aromatic rings. The summed E-state index contributed by atoms with van der Waals surface area (Å²) in [6.07, 6.45) is 4.56. The number of nitrogens with zero attached hydrogens (tertiary/aromatic N) is 1. The van der Waals surface area contributed by atoms with Gasteiger partial charge in [-0.15, -0.1) is 12.4 Å². The van der Waals surface area contributed by atoms with Crippen molar-refractivity contribution in [1.29, 1.82) is 0 Å². The van der Waals surface area contributed by atoms with Crippen molar-refractivity contribution in [3.8, 4) is 0 Å². The van der Waals surface area contributed by atoms with E-state index < -0.39 is 0 Å². The largest absolute Gasteiger partial charge is 0.341 e. The summed E-state index contributed by atoms with van der Waals surface area (Å²) >= 11 is 0. The van der Waals surface area contributed by atoms with Crippen LogP contribution in [0.1, 0.15) is 31.7 Å². The van der Waals surface area contributed by atoms with Crippen LogP contribution in [0.5, 0.6) is 0 Å². The average Bonchev–Trinajstić information content (AvgIpc) is 3.29. The Bertz CT molecular complexity index is 420. The van der Waals surface area contributed by atoms with Crippen LogP contribution in [-0.2, 0) is 11.2 Å². The van der Waals surface area contributed by atoms with E-state index in [9.17, 15) is 4.79 Å². The Morgan fingerprint density at radius 3 is 2.57 bits per heavy atom. The smallest absolute Gasteiger partial charge is 0.236 e. The van der Waals surface area contributed by atoms with Crippen LogP contribution in [0.25, 0.3) is 0 Å². The lowest BCUT2D eigenvalue weighted by Gasteiger charge is -2.27. The van der Waals surface area contributed by atoms with Gasteiger partial charge >= 0.3 is 0 Å². The molecule has 1 fully saturated rings. The highest BCUT2D eigenvalue weighted by atomic mass is 35.5. The van der Waals surface area contributed by atoms with Crippen LogP contribution in [0.4, 0.5) is 0 Å². The third kappa shape index (κ3) is 6.06. The first-order valence-corrected chi connectivity index (χ1v) is 7.71. The minimum atomic E-state index is 0. The molecule has 1 N–H and O–H groups in total. The first-order chi connectivity index (χ1) is 9.70. The number of carbonyl (C=O) groups excluding carboxylic acids is 1. The summed E-state index contributed by atoms with van der Waals surface area (Å²) in [5.41, 5.74) is 1.30. The lowest BCUT2D eigenvalue weighted by molar-refractivity contribution is -0.131. The molecule has 0 radical (unpaired) electrons. The van der Waals surface area contributed by atoms with E-state index in [0.717, 1.165) is 25.3 Å². The van der Waals surface area contributed by atoms with Gasteiger partial charge in [-0.2, -0.15) is 0 Å². The Morgan fingerprint density at radius 2 is 2.00 bits per heavy atom. The van der Waals surface area contributed by atoms with E-state index in [2.05, 4.69) is 36.5 Å². The van der Waals surface area contributed by atoms with Gasteiger partial charge in [-0.1, -0.05) is 37.3 Å². The summed E-state index contributed by atoms with van der Waals surface area (Å²) in [5.74, 6) is 1.02.